The van der Waals surface area contributed by atoms with E-state index in [9.17, 15) is 28.8 Å². The maximum atomic E-state index is 13.4. The number of fused-ring (bicyclic) bond motifs is 1. The van der Waals surface area contributed by atoms with Gasteiger partial charge in [0.1, 0.15) is 12.4 Å². The van der Waals surface area contributed by atoms with Crippen molar-refractivity contribution in [1.29, 1.82) is 0 Å². The Kier molecular flexibility index (Phi) is 31.7. The highest BCUT2D eigenvalue weighted by atomic mass is 16.7. The van der Waals surface area contributed by atoms with Crippen LogP contribution in [0, 0.1) is 0 Å². The van der Waals surface area contributed by atoms with Crippen LogP contribution < -0.4 is 16.4 Å². The lowest BCUT2D eigenvalue weighted by Crippen LogP contribution is -2.46. The molecule has 6 amide bonds. The van der Waals surface area contributed by atoms with Gasteiger partial charge in [0.2, 0.25) is 11.8 Å². The molecule has 0 spiro atoms. The number of imide groups is 1. The molecule has 0 aromatic carbocycles. The molecule has 0 atom stereocenters. The van der Waals surface area contributed by atoms with Crippen LogP contribution in [0.25, 0.3) is 6.08 Å². The molecule has 25 nitrogen and oxygen atoms in total. The maximum Gasteiger partial charge on any atom is 0.273 e. The largest absolute Gasteiger partial charge is 0.387 e. The predicted octanol–water partition coefficient (Wildman–Crippen LogP) is 0.366. The molecule has 3 aliphatic rings. The van der Waals surface area contributed by atoms with Crippen molar-refractivity contribution < 1.29 is 81.0 Å². The van der Waals surface area contributed by atoms with Gasteiger partial charge in [-0.2, -0.15) is 0 Å². The van der Waals surface area contributed by atoms with E-state index in [1.807, 2.05) is 13.8 Å². The SMILES string of the molecule is CCCN(OCC)C(=O)C1=Cc2ncc(C(=O)N3CCC(NC(=O)CCOCCOCCOCCOCCOCCOCCOCCOCCOCCOCCNC(=O)CN4C(=O)C=CC4=O)CC3)cc2N=C(N)C1. The molecular weight excluding hydrogens is 985 g/mol. The number of piperidine rings is 1. The number of ether oxygens (including phenoxy) is 10. The molecule has 0 radical (unpaired) electrons. The van der Waals surface area contributed by atoms with Crippen molar-refractivity contribution in [3.8, 4) is 0 Å². The Hall–Kier alpha value is -5.32. The number of amides is 6. The third-order valence-electron chi connectivity index (χ3n) is 11.0. The minimum Gasteiger partial charge on any atom is -0.387 e. The summed E-state index contributed by atoms with van der Waals surface area (Å²) < 4.78 is 54.9. The van der Waals surface area contributed by atoms with Crippen molar-refractivity contribution >= 4 is 53.0 Å². The number of hydrogen-bond donors (Lipinski definition) is 3. The van der Waals surface area contributed by atoms with Gasteiger partial charge in [0.15, 0.2) is 0 Å². The number of nitrogens with zero attached hydrogens (tertiary/aromatic N) is 5. The fraction of sp³-hybridized carbons (Fsp3) is 0.680. The summed E-state index contributed by atoms with van der Waals surface area (Å²) in [5.74, 6) is -1.79. The summed E-state index contributed by atoms with van der Waals surface area (Å²) in [6.45, 7) is 13.5. The molecular formula is C50H78N8O17. The zero-order valence-electron chi connectivity index (χ0n) is 43.6. The number of carbonyl (C=O) groups is 6. The van der Waals surface area contributed by atoms with E-state index in [-0.39, 0.29) is 68.7 Å². The summed E-state index contributed by atoms with van der Waals surface area (Å²) in [6.07, 6.45) is 7.71. The van der Waals surface area contributed by atoms with E-state index >= 15 is 0 Å². The van der Waals surface area contributed by atoms with E-state index < -0.39 is 17.7 Å². The Labute approximate surface area is 438 Å². The van der Waals surface area contributed by atoms with Crippen LogP contribution in [0.4, 0.5) is 5.69 Å². The highest BCUT2D eigenvalue weighted by Gasteiger charge is 2.28. The second-order valence-electron chi connectivity index (χ2n) is 16.9. The molecule has 4 N–H and O–H groups in total. The van der Waals surface area contributed by atoms with E-state index in [1.54, 1.807) is 17.0 Å². The molecule has 0 aliphatic carbocycles. The minimum absolute atomic E-state index is 0.0495. The molecule has 4 rings (SSSR count). The quantitative estimate of drug-likeness (QED) is 0.0453. The Bertz CT molecular complexity index is 1960. The zero-order chi connectivity index (χ0) is 53.7. The number of pyridine rings is 1. The molecule has 1 saturated heterocycles. The maximum absolute atomic E-state index is 13.4. The molecule has 1 fully saturated rings. The average Bonchev–Trinajstić information content (AvgIpc) is 3.60. The van der Waals surface area contributed by atoms with Crippen LogP contribution in [0.15, 0.2) is 35.0 Å². The third kappa shape index (κ3) is 25.9. The summed E-state index contributed by atoms with van der Waals surface area (Å²) in [5.41, 5.74) is 7.82. The smallest absolute Gasteiger partial charge is 0.273 e. The zero-order valence-corrected chi connectivity index (χ0v) is 43.6. The third-order valence-corrected chi connectivity index (χ3v) is 11.0. The van der Waals surface area contributed by atoms with Gasteiger partial charge in [-0.15, -0.1) is 0 Å². The monoisotopic (exact) mass is 1060 g/mol. The fourth-order valence-corrected chi connectivity index (χ4v) is 7.27. The summed E-state index contributed by atoms with van der Waals surface area (Å²) >= 11 is 0. The molecule has 420 valence electrons. The number of likely N-dealkylation sites (tertiary alicyclic amines) is 1. The van der Waals surface area contributed by atoms with E-state index in [0.717, 1.165) is 23.5 Å². The Balaban J connectivity index is 0.843. The van der Waals surface area contributed by atoms with Gasteiger partial charge in [0.25, 0.3) is 23.6 Å². The number of amidine groups is 1. The van der Waals surface area contributed by atoms with Gasteiger partial charge < -0.3 is 68.6 Å². The summed E-state index contributed by atoms with van der Waals surface area (Å²) in [6, 6.07) is 1.60. The van der Waals surface area contributed by atoms with Gasteiger partial charge in [-0.05, 0) is 38.3 Å². The first-order chi connectivity index (χ1) is 36.6. The van der Waals surface area contributed by atoms with Crippen molar-refractivity contribution in [1.82, 2.24) is 30.5 Å². The number of aliphatic imine (C=N–C) groups is 1. The molecule has 0 bridgehead atoms. The van der Waals surface area contributed by atoms with Crippen LogP contribution in [0.5, 0.6) is 0 Å². The Morgan fingerprint density at radius 1 is 0.680 bits per heavy atom. The highest BCUT2D eigenvalue weighted by Crippen LogP contribution is 2.28. The number of nitrogens with two attached hydrogens (primary N) is 1. The summed E-state index contributed by atoms with van der Waals surface area (Å²) in [5, 5.41) is 6.97. The lowest BCUT2D eigenvalue weighted by atomic mass is 10.0. The van der Waals surface area contributed by atoms with Gasteiger partial charge in [0.05, 0.1) is 156 Å². The standard InChI is InChI=1S/C50H78N8O17/c1-3-11-58(75-4-2)50(64)39-34-42-43(55-44(51)36-39)35-40(37-53-42)49(63)56-12-7-41(8-13-56)54-45(59)9-14-65-16-18-67-20-22-69-24-26-71-28-30-73-32-33-74-31-29-72-27-25-70-23-21-68-19-17-66-15-10-52-46(60)38-57-47(61)5-6-48(57)62/h5-6,34-35,37,41H,3-4,7-33,36,38H2,1-2H3,(H2,51,55)(H,52,60)(H,54,59). The van der Waals surface area contributed by atoms with E-state index in [2.05, 4.69) is 20.6 Å². The molecule has 75 heavy (non-hydrogen) atoms. The molecule has 1 aromatic heterocycles. The normalized spacial score (nSPS) is 14.7. The van der Waals surface area contributed by atoms with Crippen molar-refractivity contribution in [3.63, 3.8) is 0 Å². The summed E-state index contributed by atoms with van der Waals surface area (Å²) in [7, 11) is 0. The minimum atomic E-state index is -0.500. The fourth-order valence-electron chi connectivity index (χ4n) is 7.27. The molecule has 0 saturated carbocycles. The lowest BCUT2D eigenvalue weighted by molar-refractivity contribution is -0.180. The predicted molar refractivity (Wildman–Crippen MR) is 270 cm³/mol. The van der Waals surface area contributed by atoms with Crippen LogP contribution in [-0.4, -0.2) is 239 Å². The average molecular weight is 1060 g/mol. The van der Waals surface area contributed by atoms with Crippen LogP contribution in [0.2, 0.25) is 0 Å². The first-order valence-corrected chi connectivity index (χ1v) is 25.7. The number of nitrogens with one attached hydrogen (secondary N) is 2. The van der Waals surface area contributed by atoms with Crippen molar-refractivity contribution in [2.24, 2.45) is 10.7 Å². The second kappa shape index (κ2) is 38.3. The number of carbonyl (C=O) groups excluding carboxylic acids is 6. The Morgan fingerprint density at radius 2 is 1.16 bits per heavy atom. The van der Waals surface area contributed by atoms with Gasteiger partial charge in [-0.25, -0.2) is 10.1 Å². The van der Waals surface area contributed by atoms with Gasteiger partial charge >= 0.3 is 0 Å². The van der Waals surface area contributed by atoms with Gasteiger partial charge in [-0.1, -0.05) is 6.92 Å². The van der Waals surface area contributed by atoms with E-state index in [4.69, 9.17) is 57.9 Å². The highest BCUT2D eigenvalue weighted by molar-refractivity contribution is 6.14. The molecule has 3 aliphatic heterocycles. The first-order valence-electron chi connectivity index (χ1n) is 25.7. The second-order valence-corrected chi connectivity index (χ2v) is 16.9. The topological polar surface area (TPSA) is 289 Å². The number of rotatable bonds is 42. The molecule has 4 heterocycles. The van der Waals surface area contributed by atoms with Crippen LogP contribution >= 0.6 is 0 Å². The molecule has 0 unspecified atom stereocenters. The van der Waals surface area contributed by atoms with Crippen molar-refractivity contribution in [3.05, 3.63) is 41.2 Å². The van der Waals surface area contributed by atoms with E-state index in [0.29, 0.717) is 181 Å². The Morgan fingerprint density at radius 3 is 1.64 bits per heavy atom. The van der Waals surface area contributed by atoms with Crippen molar-refractivity contribution in [2.75, 3.05) is 171 Å². The number of hydrogen-bond acceptors (Lipinski definition) is 20. The number of hydroxylamine groups is 2. The van der Waals surface area contributed by atoms with Crippen LogP contribution in [-0.2, 0) is 76.2 Å². The first kappa shape index (κ1) is 62.2. The molecule has 25 heteroatoms. The van der Waals surface area contributed by atoms with Crippen LogP contribution in [0.3, 0.4) is 0 Å². The van der Waals surface area contributed by atoms with Gasteiger partial charge in [0, 0.05) is 69.0 Å². The lowest BCUT2D eigenvalue weighted by Gasteiger charge is -2.32. The summed E-state index contributed by atoms with van der Waals surface area (Å²) in [4.78, 5) is 91.0. The van der Waals surface area contributed by atoms with Crippen LogP contribution in [0.1, 0.15) is 62.0 Å². The van der Waals surface area contributed by atoms with E-state index in [1.165, 1.54) is 11.3 Å². The van der Waals surface area contributed by atoms with Crippen molar-refractivity contribution in [2.45, 2.75) is 52.0 Å². The number of aromatic nitrogens is 1. The van der Waals surface area contributed by atoms with Gasteiger partial charge in [-0.3, -0.25) is 43.5 Å². The molecule has 1 aromatic rings.